The van der Waals surface area contributed by atoms with Gasteiger partial charge in [-0.05, 0) is 54.9 Å². The Labute approximate surface area is 143 Å². The van der Waals surface area contributed by atoms with E-state index in [2.05, 4.69) is 31.0 Å². The number of rotatable bonds is 6. The average molecular weight is 404 g/mol. The van der Waals surface area contributed by atoms with Crippen molar-refractivity contribution in [1.29, 1.82) is 0 Å². The minimum atomic E-state index is -3.45. The van der Waals surface area contributed by atoms with Crippen molar-refractivity contribution in [3.05, 3.63) is 38.1 Å². The number of aryl methyl sites for hydroxylation is 3. The normalized spacial score (nSPS) is 11.6. The highest BCUT2D eigenvalue weighted by Crippen LogP contribution is 2.24. The molecule has 5 nitrogen and oxygen atoms in total. The van der Waals surface area contributed by atoms with Crippen LogP contribution in [0.3, 0.4) is 0 Å². The summed E-state index contributed by atoms with van der Waals surface area (Å²) in [6, 6.07) is 5.46. The van der Waals surface area contributed by atoms with Crippen molar-refractivity contribution < 1.29 is 8.42 Å². The van der Waals surface area contributed by atoms with E-state index in [1.807, 2.05) is 32.9 Å². The molecular weight excluding hydrogens is 386 g/mol. The van der Waals surface area contributed by atoms with Gasteiger partial charge in [-0.2, -0.15) is 0 Å². The number of nitrogens with one attached hydrogen (secondary N) is 2. The first-order chi connectivity index (χ1) is 10.3. The van der Waals surface area contributed by atoms with Gasteiger partial charge in [-0.1, -0.05) is 0 Å². The van der Waals surface area contributed by atoms with Gasteiger partial charge >= 0.3 is 0 Å². The zero-order valence-electron chi connectivity index (χ0n) is 12.6. The summed E-state index contributed by atoms with van der Waals surface area (Å²) in [7, 11) is -3.45. The summed E-state index contributed by atoms with van der Waals surface area (Å²) in [6.07, 6.45) is 0. The molecule has 0 aliphatic carbocycles. The van der Waals surface area contributed by atoms with Gasteiger partial charge in [-0.15, -0.1) is 11.3 Å². The van der Waals surface area contributed by atoms with Crippen LogP contribution in [0.4, 0.5) is 5.82 Å². The van der Waals surface area contributed by atoms with Gasteiger partial charge in [0.1, 0.15) is 5.82 Å². The maximum Gasteiger partial charge on any atom is 0.241 e. The lowest BCUT2D eigenvalue weighted by atomic mass is 10.4. The van der Waals surface area contributed by atoms with E-state index in [1.54, 1.807) is 6.07 Å². The Balaban J connectivity index is 1.90. The zero-order valence-corrected chi connectivity index (χ0v) is 15.8. The fraction of sp³-hybridized carbons (Fsp3) is 0.357. The molecule has 22 heavy (non-hydrogen) atoms. The molecule has 0 bridgehead atoms. The quantitative estimate of drug-likeness (QED) is 0.726. The van der Waals surface area contributed by atoms with Gasteiger partial charge < -0.3 is 5.32 Å². The van der Waals surface area contributed by atoms with E-state index in [-0.39, 0.29) is 0 Å². The third-order valence-electron chi connectivity index (χ3n) is 3.03. The first-order valence-corrected chi connectivity index (χ1v) is 9.82. The van der Waals surface area contributed by atoms with Crippen LogP contribution < -0.4 is 10.0 Å². The second kappa shape index (κ2) is 7.08. The van der Waals surface area contributed by atoms with Crippen LogP contribution in [0.5, 0.6) is 0 Å². The highest BCUT2D eigenvalue weighted by Gasteiger charge is 2.18. The third-order valence-corrected chi connectivity index (χ3v) is 6.55. The topological polar surface area (TPSA) is 71.1 Å². The Morgan fingerprint density at radius 1 is 1.23 bits per heavy atom. The van der Waals surface area contributed by atoms with Crippen LogP contribution in [-0.4, -0.2) is 26.5 Å². The number of hydrogen-bond donors (Lipinski definition) is 2. The highest BCUT2D eigenvalue weighted by atomic mass is 79.9. The Bertz CT molecular complexity index is 772. The highest BCUT2D eigenvalue weighted by molar-refractivity contribution is 9.10. The van der Waals surface area contributed by atoms with Crippen molar-refractivity contribution in [2.24, 2.45) is 0 Å². The number of pyridine rings is 1. The minimum absolute atomic E-state index is 0.299. The van der Waals surface area contributed by atoms with Crippen LogP contribution in [0.2, 0.25) is 0 Å². The molecular formula is C14H18BrN3O2S2. The Kier molecular flexibility index (Phi) is 5.60. The van der Waals surface area contributed by atoms with Gasteiger partial charge in [-0.3, -0.25) is 0 Å². The van der Waals surface area contributed by atoms with E-state index in [1.165, 1.54) is 11.3 Å². The molecule has 0 unspecified atom stereocenters. The standard InChI is InChI=1S/C14H18BrN3O2S2/c1-9-8-13(11(3)21-9)22(19,20)17-7-6-16-14-5-4-12(15)10(2)18-14/h4-5,8,17H,6-7H2,1-3H3,(H,16,18). The van der Waals surface area contributed by atoms with E-state index in [0.29, 0.717) is 18.0 Å². The summed E-state index contributed by atoms with van der Waals surface area (Å²) in [5, 5.41) is 3.10. The minimum Gasteiger partial charge on any atom is -0.369 e. The lowest BCUT2D eigenvalue weighted by molar-refractivity contribution is 0.582. The van der Waals surface area contributed by atoms with E-state index in [9.17, 15) is 8.42 Å². The fourth-order valence-electron chi connectivity index (χ4n) is 1.97. The lowest BCUT2D eigenvalue weighted by Crippen LogP contribution is -2.29. The van der Waals surface area contributed by atoms with E-state index < -0.39 is 10.0 Å². The average Bonchev–Trinajstić information content (AvgIpc) is 2.78. The SMILES string of the molecule is Cc1cc(S(=O)(=O)NCCNc2ccc(Br)c(C)n2)c(C)s1. The summed E-state index contributed by atoms with van der Waals surface area (Å²) < 4.78 is 28.0. The first-order valence-electron chi connectivity index (χ1n) is 6.73. The molecule has 0 aromatic carbocycles. The largest absolute Gasteiger partial charge is 0.369 e. The van der Waals surface area contributed by atoms with Crippen molar-refractivity contribution >= 4 is 43.1 Å². The van der Waals surface area contributed by atoms with E-state index in [4.69, 9.17) is 0 Å². The van der Waals surface area contributed by atoms with Crippen LogP contribution in [0.25, 0.3) is 0 Å². The van der Waals surface area contributed by atoms with Crippen molar-refractivity contribution in [3.63, 3.8) is 0 Å². The summed E-state index contributed by atoms with van der Waals surface area (Å²) >= 11 is 4.88. The molecule has 2 rings (SSSR count). The summed E-state index contributed by atoms with van der Waals surface area (Å²) in [4.78, 5) is 6.52. The molecule has 0 aliphatic rings. The Hall–Kier alpha value is -0.960. The van der Waals surface area contributed by atoms with Gasteiger partial charge in [0.2, 0.25) is 10.0 Å². The van der Waals surface area contributed by atoms with Gasteiger partial charge in [0.25, 0.3) is 0 Å². The lowest BCUT2D eigenvalue weighted by Gasteiger charge is -2.09. The molecule has 0 saturated heterocycles. The molecule has 2 heterocycles. The summed E-state index contributed by atoms with van der Waals surface area (Å²) in [5.41, 5.74) is 0.884. The molecule has 0 aliphatic heterocycles. The number of sulfonamides is 1. The van der Waals surface area contributed by atoms with Gasteiger partial charge in [0.15, 0.2) is 0 Å². The molecule has 2 aromatic heterocycles. The second-order valence-electron chi connectivity index (χ2n) is 4.87. The molecule has 0 atom stereocenters. The number of halogens is 1. The molecule has 0 radical (unpaired) electrons. The Morgan fingerprint density at radius 3 is 2.55 bits per heavy atom. The Morgan fingerprint density at radius 2 is 1.95 bits per heavy atom. The second-order valence-corrected chi connectivity index (χ2v) is 8.92. The molecule has 2 N–H and O–H groups in total. The smallest absolute Gasteiger partial charge is 0.241 e. The monoisotopic (exact) mass is 403 g/mol. The molecule has 0 saturated carbocycles. The number of thiophene rings is 1. The number of nitrogens with zero attached hydrogens (tertiary/aromatic N) is 1. The molecule has 0 fully saturated rings. The van der Waals surface area contributed by atoms with Gasteiger partial charge in [-0.25, -0.2) is 18.1 Å². The fourth-order valence-corrected chi connectivity index (χ4v) is 4.78. The number of anilines is 1. The molecule has 8 heteroatoms. The van der Waals surface area contributed by atoms with Crippen molar-refractivity contribution in [2.45, 2.75) is 25.7 Å². The van der Waals surface area contributed by atoms with Crippen LogP contribution in [0, 0.1) is 20.8 Å². The van der Waals surface area contributed by atoms with E-state index >= 15 is 0 Å². The predicted molar refractivity (Wildman–Crippen MR) is 94.1 cm³/mol. The van der Waals surface area contributed by atoms with E-state index in [0.717, 1.165) is 25.7 Å². The summed E-state index contributed by atoms with van der Waals surface area (Å²) in [6.45, 7) is 6.39. The van der Waals surface area contributed by atoms with Crippen molar-refractivity contribution in [3.8, 4) is 0 Å². The maximum absolute atomic E-state index is 12.2. The van der Waals surface area contributed by atoms with Crippen LogP contribution in [-0.2, 0) is 10.0 Å². The molecule has 0 spiro atoms. The van der Waals surface area contributed by atoms with Crippen LogP contribution in [0.1, 0.15) is 15.4 Å². The van der Waals surface area contributed by atoms with Crippen LogP contribution in [0.15, 0.2) is 27.6 Å². The number of hydrogen-bond acceptors (Lipinski definition) is 5. The van der Waals surface area contributed by atoms with Gasteiger partial charge in [0.05, 0.1) is 10.6 Å². The van der Waals surface area contributed by atoms with Gasteiger partial charge in [0, 0.05) is 27.3 Å². The molecule has 120 valence electrons. The third kappa shape index (κ3) is 4.28. The van der Waals surface area contributed by atoms with Crippen LogP contribution >= 0.6 is 27.3 Å². The number of aromatic nitrogens is 1. The molecule has 2 aromatic rings. The zero-order chi connectivity index (χ0) is 16.3. The predicted octanol–water partition coefficient (Wildman–Crippen LogP) is 3.22. The maximum atomic E-state index is 12.2. The first kappa shape index (κ1) is 17.4. The van der Waals surface area contributed by atoms with Crippen molar-refractivity contribution in [1.82, 2.24) is 9.71 Å². The summed E-state index contributed by atoms with van der Waals surface area (Å²) in [5.74, 6) is 0.724. The molecule has 0 amide bonds. The van der Waals surface area contributed by atoms with Crippen molar-refractivity contribution in [2.75, 3.05) is 18.4 Å².